The second-order valence-corrected chi connectivity index (χ2v) is 7.07. The quantitative estimate of drug-likeness (QED) is 0.541. The summed E-state index contributed by atoms with van der Waals surface area (Å²) in [6, 6.07) is 12.8. The number of phenols is 1. The molecule has 5 heteroatoms. The number of carbonyl (C=O) groups excluding carboxylic acids is 2. The monoisotopic (exact) mass is 363 g/mol. The topological polar surface area (TPSA) is 68.5 Å². The van der Waals surface area contributed by atoms with Crippen molar-refractivity contribution in [1.29, 1.82) is 0 Å². The van der Waals surface area contributed by atoms with Gasteiger partial charge in [-0.25, -0.2) is 4.79 Å². The molecule has 5 nitrogen and oxygen atoms in total. The fourth-order valence-corrected chi connectivity index (χ4v) is 3.66. The molecule has 2 aromatic carbocycles. The number of esters is 1. The summed E-state index contributed by atoms with van der Waals surface area (Å²) >= 11 is 0. The van der Waals surface area contributed by atoms with Gasteiger partial charge in [0.25, 0.3) is 0 Å². The van der Waals surface area contributed by atoms with Crippen LogP contribution in [0, 0.1) is 13.8 Å². The Morgan fingerprint density at radius 1 is 1.11 bits per heavy atom. The molecule has 1 fully saturated rings. The Balaban J connectivity index is 1.50. The van der Waals surface area contributed by atoms with Crippen LogP contribution < -0.4 is 0 Å². The second kappa shape index (κ2) is 6.58. The molecule has 0 saturated heterocycles. The molecule has 3 aromatic rings. The largest absolute Gasteiger partial charge is 0.506 e. The molecule has 0 amide bonds. The number of benzene rings is 2. The molecule has 0 radical (unpaired) electrons. The number of aromatic hydroxyl groups is 1. The standard InChI is InChI=1S/C22H21NO4/c1-13-11-19(14(2)23(13)16-8-9-16)20(24)12-27-22(26)18-10-7-15-5-3-4-6-17(15)21(18)25/h3-7,10-11,16,25H,8-9,12H2,1-2H3. The fraction of sp³-hybridized carbons (Fsp3) is 0.273. The van der Waals surface area contributed by atoms with E-state index in [-0.39, 0.29) is 23.7 Å². The van der Waals surface area contributed by atoms with Crippen LogP contribution in [-0.4, -0.2) is 28.0 Å². The number of nitrogens with zero attached hydrogens (tertiary/aromatic N) is 1. The van der Waals surface area contributed by atoms with Gasteiger partial charge in [0.1, 0.15) is 11.3 Å². The lowest BCUT2D eigenvalue weighted by Gasteiger charge is -2.09. The summed E-state index contributed by atoms with van der Waals surface area (Å²) in [5.74, 6) is -1.07. The van der Waals surface area contributed by atoms with Crippen LogP contribution in [0.4, 0.5) is 0 Å². The van der Waals surface area contributed by atoms with Crippen LogP contribution in [0.15, 0.2) is 42.5 Å². The number of aromatic nitrogens is 1. The second-order valence-electron chi connectivity index (χ2n) is 7.07. The first-order valence-corrected chi connectivity index (χ1v) is 9.07. The molecular weight excluding hydrogens is 342 g/mol. The molecule has 1 aromatic heterocycles. The normalized spacial score (nSPS) is 13.7. The molecule has 138 valence electrons. The first-order chi connectivity index (χ1) is 13.0. The molecule has 1 aliphatic rings. The molecule has 1 heterocycles. The lowest BCUT2D eigenvalue weighted by atomic mass is 10.1. The first-order valence-electron chi connectivity index (χ1n) is 9.07. The van der Waals surface area contributed by atoms with Crippen LogP contribution in [0.1, 0.15) is 51.0 Å². The van der Waals surface area contributed by atoms with Gasteiger partial charge in [-0.05, 0) is 44.2 Å². The summed E-state index contributed by atoms with van der Waals surface area (Å²) in [6.07, 6.45) is 2.28. The van der Waals surface area contributed by atoms with Crippen LogP contribution in [0.2, 0.25) is 0 Å². The van der Waals surface area contributed by atoms with Crippen LogP contribution in [0.3, 0.4) is 0 Å². The summed E-state index contributed by atoms with van der Waals surface area (Å²) in [5, 5.41) is 11.8. The molecule has 1 saturated carbocycles. The SMILES string of the molecule is Cc1cc(C(=O)COC(=O)c2ccc3ccccc3c2O)c(C)n1C1CC1. The predicted molar refractivity (Wildman–Crippen MR) is 102 cm³/mol. The van der Waals surface area contributed by atoms with Gasteiger partial charge in [-0.3, -0.25) is 4.79 Å². The smallest absolute Gasteiger partial charge is 0.342 e. The maximum Gasteiger partial charge on any atom is 0.342 e. The van der Waals surface area contributed by atoms with Gasteiger partial charge in [0.05, 0.1) is 0 Å². The van der Waals surface area contributed by atoms with Crippen molar-refractivity contribution in [3.8, 4) is 5.75 Å². The maximum atomic E-state index is 12.6. The number of hydrogen-bond acceptors (Lipinski definition) is 4. The molecular formula is C22H21NO4. The van der Waals surface area contributed by atoms with E-state index in [1.165, 1.54) is 6.07 Å². The number of carbonyl (C=O) groups is 2. The van der Waals surface area contributed by atoms with E-state index in [0.717, 1.165) is 29.6 Å². The van der Waals surface area contributed by atoms with E-state index in [1.807, 2.05) is 32.0 Å². The van der Waals surface area contributed by atoms with Crippen molar-refractivity contribution in [2.75, 3.05) is 6.61 Å². The highest BCUT2D eigenvalue weighted by molar-refractivity contribution is 6.03. The third-order valence-corrected chi connectivity index (χ3v) is 5.15. The Labute approximate surface area is 157 Å². The molecule has 0 aliphatic heterocycles. The van der Waals surface area contributed by atoms with E-state index in [0.29, 0.717) is 17.0 Å². The molecule has 27 heavy (non-hydrogen) atoms. The lowest BCUT2D eigenvalue weighted by Crippen LogP contribution is -2.15. The fourth-order valence-electron chi connectivity index (χ4n) is 3.66. The van der Waals surface area contributed by atoms with Gasteiger partial charge in [-0.15, -0.1) is 0 Å². The molecule has 4 rings (SSSR count). The van der Waals surface area contributed by atoms with Crippen LogP contribution in [0.5, 0.6) is 5.75 Å². The van der Waals surface area contributed by atoms with Crippen molar-refractivity contribution < 1.29 is 19.4 Å². The average Bonchev–Trinajstić information content (AvgIpc) is 3.44. The highest BCUT2D eigenvalue weighted by atomic mass is 16.5. The number of ether oxygens (including phenoxy) is 1. The van der Waals surface area contributed by atoms with Crippen molar-refractivity contribution in [1.82, 2.24) is 4.57 Å². The minimum Gasteiger partial charge on any atom is -0.506 e. The lowest BCUT2D eigenvalue weighted by molar-refractivity contribution is 0.0472. The van der Waals surface area contributed by atoms with Crippen molar-refractivity contribution in [2.45, 2.75) is 32.7 Å². The van der Waals surface area contributed by atoms with Crippen molar-refractivity contribution in [3.63, 3.8) is 0 Å². The third-order valence-electron chi connectivity index (χ3n) is 5.15. The van der Waals surface area contributed by atoms with E-state index in [4.69, 9.17) is 4.74 Å². The highest BCUT2D eigenvalue weighted by Gasteiger charge is 2.28. The number of aryl methyl sites for hydroxylation is 1. The van der Waals surface area contributed by atoms with Gasteiger partial charge < -0.3 is 14.4 Å². The maximum absolute atomic E-state index is 12.6. The Hall–Kier alpha value is -3.08. The zero-order chi connectivity index (χ0) is 19.1. The first kappa shape index (κ1) is 17.3. The summed E-state index contributed by atoms with van der Waals surface area (Å²) in [7, 11) is 0. The van der Waals surface area contributed by atoms with E-state index in [2.05, 4.69) is 4.57 Å². The van der Waals surface area contributed by atoms with Gasteiger partial charge in [0, 0.05) is 28.4 Å². The summed E-state index contributed by atoms with van der Waals surface area (Å²) < 4.78 is 7.38. The molecule has 0 unspecified atom stereocenters. The number of ketones is 1. The van der Waals surface area contributed by atoms with Gasteiger partial charge >= 0.3 is 5.97 Å². The molecule has 0 atom stereocenters. The number of phenolic OH excluding ortho intramolecular Hbond substituents is 1. The highest BCUT2D eigenvalue weighted by Crippen LogP contribution is 2.38. The van der Waals surface area contributed by atoms with Crippen molar-refractivity contribution in [3.05, 3.63) is 65.0 Å². The minimum atomic E-state index is -0.706. The summed E-state index contributed by atoms with van der Waals surface area (Å²) in [4.78, 5) is 24.9. The molecule has 1 aliphatic carbocycles. The van der Waals surface area contributed by atoms with Gasteiger partial charge in [0.2, 0.25) is 5.78 Å². The Morgan fingerprint density at radius 2 is 1.85 bits per heavy atom. The number of fused-ring (bicyclic) bond motifs is 1. The number of Topliss-reactive ketones (excluding diaryl/α,β-unsaturated/α-hetero) is 1. The summed E-state index contributed by atoms with van der Waals surface area (Å²) in [6.45, 7) is 3.57. The molecule has 0 bridgehead atoms. The number of rotatable bonds is 5. The van der Waals surface area contributed by atoms with Crippen LogP contribution in [-0.2, 0) is 4.74 Å². The van der Waals surface area contributed by atoms with Gasteiger partial charge in [0.15, 0.2) is 6.61 Å². The zero-order valence-corrected chi connectivity index (χ0v) is 15.4. The van der Waals surface area contributed by atoms with Crippen molar-refractivity contribution in [2.24, 2.45) is 0 Å². The minimum absolute atomic E-state index is 0.0601. The zero-order valence-electron chi connectivity index (χ0n) is 15.4. The van der Waals surface area contributed by atoms with Gasteiger partial charge in [-0.1, -0.05) is 30.3 Å². The van der Waals surface area contributed by atoms with E-state index in [1.54, 1.807) is 18.2 Å². The Bertz CT molecular complexity index is 1060. The van der Waals surface area contributed by atoms with Crippen molar-refractivity contribution >= 4 is 22.5 Å². The third kappa shape index (κ3) is 3.10. The summed E-state index contributed by atoms with van der Waals surface area (Å²) in [5.41, 5.74) is 2.63. The molecule has 1 N–H and O–H groups in total. The predicted octanol–water partition coefficient (Wildman–Crippen LogP) is 4.34. The van der Waals surface area contributed by atoms with E-state index < -0.39 is 5.97 Å². The van der Waals surface area contributed by atoms with Crippen LogP contribution >= 0.6 is 0 Å². The van der Waals surface area contributed by atoms with E-state index >= 15 is 0 Å². The Kier molecular flexibility index (Phi) is 4.22. The average molecular weight is 363 g/mol. The molecule has 0 spiro atoms. The Morgan fingerprint density at radius 3 is 2.59 bits per heavy atom. The van der Waals surface area contributed by atoms with Gasteiger partial charge in [-0.2, -0.15) is 0 Å². The van der Waals surface area contributed by atoms with E-state index in [9.17, 15) is 14.7 Å². The number of hydrogen-bond donors (Lipinski definition) is 1. The van der Waals surface area contributed by atoms with Crippen LogP contribution in [0.25, 0.3) is 10.8 Å².